The molecular weight excluding hydrogens is 334 g/mol. The Morgan fingerprint density at radius 3 is 2.48 bits per heavy atom. The fourth-order valence-corrected chi connectivity index (χ4v) is 2.34. The second kappa shape index (κ2) is 9.00. The van der Waals surface area contributed by atoms with Crippen LogP contribution in [0.25, 0.3) is 0 Å². The van der Waals surface area contributed by atoms with Gasteiger partial charge in [0, 0.05) is 17.9 Å². The van der Waals surface area contributed by atoms with Gasteiger partial charge in [-0.05, 0) is 18.6 Å². The molecule has 1 rings (SSSR count). The monoisotopic (exact) mass is 353 g/mol. The van der Waals surface area contributed by atoms with Crippen LogP contribution in [-0.2, 0) is 11.0 Å². The van der Waals surface area contributed by atoms with Crippen molar-refractivity contribution < 1.29 is 26.5 Å². The lowest BCUT2D eigenvalue weighted by Crippen LogP contribution is -2.25. The minimum absolute atomic E-state index is 0.155. The molecule has 1 aromatic rings. The van der Waals surface area contributed by atoms with Crippen LogP contribution in [0.2, 0.25) is 0 Å². The summed E-state index contributed by atoms with van der Waals surface area (Å²) in [5.74, 6) is -0.959. The number of halogens is 4. The normalized spacial score (nSPS) is 13.9. The van der Waals surface area contributed by atoms with Gasteiger partial charge in [0.25, 0.3) is 0 Å². The molecule has 0 N–H and O–H groups in total. The Morgan fingerprint density at radius 1 is 1.26 bits per heavy atom. The molecule has 130 valence electrons. The minimum Gasteiger partial charge on any atom is -0.493 e. The molecule has 0 saturated carbocycles. The minimum atomic E-state index is -4.89. The maximum atomic E-state index is 14.0. The van der Waals surface area contributed by atoms with E-state index in [1.165, 1.54) is 6.07 Å². The third-order valence-electron chi connectivity index (χ3n) is 2.95. The van der Waals surface area contributed by atoms with Crippen molar-refractivity contribution in [3.8, 4) is 5.75 Å². The number of alkyl halides is 3. The fourth-order valence-electron chi connectivity index (χ4n) is 1.88. The highest BCUT2D eigenvalue weighted by molar-refractivity contribution is 7.83. The third-order valence-corrected chi connectivity index (χ3v) is 3.39. The van der Waals surface area contributed by atoms with E-state index in [9.17, 15) is 21.8 Å². The number of rotatable bonds is 8. The Bertz CT molecular complexity index is 573. The highest BCUT2D eigenvalue weighted by Crippen LogP contribution is 2.27. The summed E-state index contributed by atoms with van der Waals surface area (Å²) in [6, 6.07) is 3.07. The molecule has 0 saturated heterocycles. The molecular formula is C15H19F4NO2S. The van der Waals surface area contributed by atoms with Crippen LogP contribution in [0.5, 0.6) is 5.75 Å². The Morgan fingerprint density at radius 2 is 1.96 bits per heavy atom. The summed E-state index contributed by atoms with van der Waals surface area (Å²) in [4.78, 5) is 0. The standard InChI is InChI=1S/C15H19F4NO2S/c1-3-4-5-6-9-22-11-7-8-12(13(16)10-11)14(15(17,18)19)20-23(2)21/h7-8,10H,3-6,9H2,1-2H3/t23-/m0/s1. The molecule has 8 heteroatoms. The van der Waals surface area contributed by atoms with Crippen molar-refractivity contribution in [2.45, 2.75) is 38.8 Å². The number of hydrogen-bond acceptors (Lipinski definition) is 2. The highest BCUT2D eigenvalue weighted by Gasteiger charge is 2.38. The van der Waals surface area contributed by atoms with E-state index in [-0.39, 0.29) is 5.75 Å². The number of unbranched alkanes of at least 4 members (excludes halogenated alkanes) is 3. The van der Waals surface area contributed by atoms with Crippen LogP contribution in [0, 0.1) is 5.82 Å². The van der Waals surface area contributed by atoms with Crippen LogP contribution < -0.4 is 4.74 Å². The molecule has 0 unspecified atom stereocenters. The smallest absolute Gasteiger partial charge is 0.434 e. The van der Waals surface area contributed by atoms with E-state index >= 15 is 0 Å². The van der Waals surface area contributed by atoms with E-state index < -0.39 is 34.3 Å². The predicted octanol–water partition coefficient (Wildman–Crippen LogP) is 4.43. The van der Waals surface area contributed by atoms with Gasteiger partial charge in [0.15, 0.2) is 5.71 Å². The second-order valence-corrected chi connectivity index (χ2v) is 5.94. The average Bonchev–Trinajstić information content (AvgIpc) is 2.44. The zero-order valence-electron chi connectivity index (χ0n) is 13.0. The fraction of sp³-hybridized carbons (Fsp3) is 0.533. The summed E-state index contributed by atoms with van der Waals surface area (Å²) >= 11 is 0. The summed E-state index contributed by atoms with van der Waals surface area (Å²) in [7, 11) is -2.09. The number of hydrogen-bond donors (Lipinski definition) is 0. The van der Waals surface area contributed by atoms with Gasteiger partial charge in [-0.3, -0.25) is 0 Å². The van der Waals surface area contributed by atoms with Crippen LogP contribution in [-0.4, -0.2) is 29.0 Å². The quantitative estimate of drug-likeness (QED) is 0.394. The number of nitrogens with zero attached hydrogens (tertiary/aromatic N) is 1. The molecule has 0 aliphatic carbocycles. The zero-order valence-corrected chi connectivity index (χ0v) is 13.8. The van der Waals surface area contributed by atoms with Gasteiger partial charge in [0.2, 0.25) is 0 Å². The Hall–Kier alpha value is -1.44. The molecule has 1 atom stereocenters. The summed E-state index contributed by atoms with van der Waals surface area (Å²) in [6.45, 7) is 2.44. The molecule has 0 amide bonds. The second-order valence-electron chi connectivity index (χ2n) is 4.91. The van der Waals surface area contributed by atoms with Gasteiger partial charge in [-0.1, -0.05) is 26.2 Å². The van der Waals surface area contributed by atoms with E-state index in [0.29, 0.717) is 6.61 Å². The maximum Gasteiger partial charge on any atom is 0.434 e. The van der Waals surface area contributed by atoms with Crippen molar-refractivity contribution in [3.05, 3.63) is 29.6 Å². The van der Waals surface area contributed by atoms with E-state index in [4.69, 9.17) is 4.74 Å². The molecule has 3 nitrogen and oxygen atoms in total. The molecule has 0 aliphatic rings. The molecule has 0 aliphatic heterocycles. The van der Waals surface area contributed by atoms with Crippen molar-refractivity contribution in [1.29, 1.82) is 0 Å². The van der Waals surface area contributed by atoms with Crippen LogP contribution in [0.15, 0.2) is 22.6 Å². The Kier molecular flexibility index (Phi) is 7.67. The molecule has 1 aromatic carbocycles. The van der Waals surface area contributed by atoms with Crippen molar-refractivity contribution in [2.75, 3.05) is 12.9 Å². The average molecular weight is 353 g/mol. The van der Waals surface area contributed by atoms with Crippen molar-refractivity contribution >= 4 is 16.7 Å². The highest BCUT2D eigenvalue weighted by atomic mass is 32.2. The van der Waals surface area contributed by atoms with Gasteiger partial charge in [0.1, 0.15) is 22.6 Å². The summed E-state index contributed by atoms with van der Waals surface area (Å²) in [5.41, 5.74) is -2.24. The summed E-state index contributed by atoms with van der Waals surface area (Å²) < 4.78 is 71.9. The van der Waals surface area contributed by atoms with Crippen molar-refractivity contribution in [3.63, 3.8) is 0 Å². The molecule has 0 fully saturated rings. The molecule has 23 heavy (non-hydrogen) atoms. The molecule has 0 aromatic heterocycles. The lowest BCUT2D eigenvalue weighted by atomic mass is 10.1. The first-order valence-electron chi connectivity index (χ1n) is 7.17. The van der Waals surface area contributed by atoms with Gasteiger partial charge in [-0.15, -0.1) is 0 Å². The summed E-state index contributed by atoms with van der Waals surface area (Å²) in [6.07, 6.45) is -0.00406. The van der Waals surface area contributed by atoms with Crippen molar-refractivity contribution in [1.82, 2.24) is 0 Å². The largest absolute Gasteiger partial charge is 0.493 e. The van der Waals surface area contributed by atoms with Gasteiger partial charge in [-0.2, -0.15) is 17.6 Å². The van der Waals surface area contributed by atoms with Gasteiger partial charge >= 0.3 is 6.18 Å². The zero-order chi connectivity index (χ0) is 17.5. The van der Waals surface area contributed by atoms with Crippen LogP contribution in [0.3, 0.4) is 0 Å². The number of benzene rings is 1. The van der Waals surface area contributed by atoms with E-state index in [2.05, 4.69) is 11.3 Å². The van der Waals surface area contributed by atoms with Gasteiger partial charge in [0.05, 0.1) is 6.61 Å². The molecule has 0 spiro atoms. The molecule has 0 radical (unpaired) electrons. The van der Waals surface area contributed by atoms with Gasteiger partial charge in [-0.25, -0.2) is 8.60 Å². The summed E-state index contributed by atoms with van der Waals surface area (Å²) in [5, 5.41) is 0. The van der Waals surface area contributed by atoms with Crippen LogP contribution in [0.4, 0.5) is 17.6 Å². The molecule has 0 heterocycles. The van der Waals surface area contributed by atoms with Crippen molar-refractivity contribution in [2.24, 2.45) is 4.40 Å². The lowest BCUT2D eigenvalue weighted by molar-refractivity contribution is -0.0579. The Balaban J connectivity index is 2.88. The van der Waals surface area contributed by atoms with E-state index in [0.717, 1.165) is 44.1 Å². The first kappa shape index (κ1) is 19.6. The maximum absolute atomic E-state index is 14.0. The first-order valence-corrected chi connectivity index (χ1v) is 8.69. The van der Waals surface area contributed by atoms with E-state index in [1.54, 1.807) is 0 Å². The molecule has 0 bridgehead atoms. The predicted molar refractivity (Wildman–Crippen MR) is 82.7 cm³/mol. The number of ether oxygens (including phenoxy) is 1. The third kappa shape index (κ3) is 6.68. The van der Waals surface area contributed by atoms with Crippen LogP contribution in [0.1, 0.15) is 38.2 Å². The van der Waals surface area contributed by atoms with Gasteiger partial charge < -0.3 is 4.74 Å². The topological polar surface area (TPSA) is 38.7 Å². The lowest BCUT2D eigenvalue weighted by Gasteiger charge is -2.12. The Labute approximate surface area is 135 Å². The van der Waals surface area contributed by atoms with Crippen LogP contribution >= 0.6 is 0 Å². The SMILES string of the molecule is CCCCCCOc1ccc(C(=N[S@](C)=O)C(F)(F)F)c(F)c1. The first-order chi connectivity index (χ1) is 10.8. The van der Waals surface area contributed by atoms with E-state index in [1.807, 2.05) is 0 Å².